The van der Waals surface area contributed by atoms with E-state index in [1.807, 2.05) is 30.0 Å². The minimum Gasteiger partial charge on any atom is -0.476 e. The van der Waals surface area contributed by atoms with Gasteiger partial charge in [0, 0.05) is 37.4 Å². The average molecular weight is 417 g/mol. The second kappa shape index (κ2) is 8.06. The fraction of sp³-hybridized carbons (Fsp3) is 0.476. The predicted octanol–water partition coefficient (Wildman–Crippen LogP) is 2.77. The highest BCUT2D eigenvalue weighted by Crippen LogP contribution is 2.29. The molecule has 1 aromatic carbocycles. The first-order chi connectivity index (χ1) is 14.0. The zero-order chi connectivity index (χ0) is 20.5. The molecule has 1 saturated heterocycles. The van der Waals surface area contributed by atoms with Gasteiger partial charge in [-0.25, -0.2) is 4.79 Å². The van der Waals surface area contributed by atoms with Gasteiger partial charge < -0.3 is 14.9 Å². The first-order valence-corrected chi connectivity index (χ1v) is 10.4. The minimum atomic E-state index is -1.02. The van der Waals surface area contributed by atoms with E-state index >= 15 is 0 Å². The second-order valence-electron chi connectivity index (χ2n) is 7.72. The van der Waals surface area contributed by atoms with Crippen molar-refractivity contribution in [3.05, 3.63) is 45.7 Å². The van der Waals surface area contributed by atoms with Crippen LogP contribution in [0.3, 0.4) is 0 Å². The SMILES string of the molecule is Cc1cccc(N2CCN(C(=O)Cn3nc(C(=O)O)c4c3CCCC4)CC2)c1Cl. The number of rotatable bonds is 4. The summed E-state index contributed by atoms with van der Waals surface area (Å²) in [6, 6.07) is 5.99. The maximum Gasteiger partial charge on any atom is 0.356 e. The molecule has 7 nitrogen and oxygen atoms in total. The Morgan fingerprint density at radius 2 is 1.86 bits per heavy atom. The van der Waals surface area contributed by atoms with Crippen LogP contribution in [0.25, 0.3) is 0 Å². The number of aromatic nitrogens is 2. The summed E-state index contributed by atoms with van der Waals surface area (Å²) < 4.78 is 1.62. The summed E-state index contributed by atoms with van der Waals surface area (Å²) in [7, 11) is 0. The Morgan fingerprint density at radius 3 is 2.59 bits per heavy atom. The van der Waals surface area contributed by atoms with Crippen LogP contribution >= 0.6 is 11.6 Å². The van der Waals surface area contributed by atoms with Crippen LogP contribution in [0.2, 0.25) is 5.02 Å². The summed E-state index contributed by atoms with van der Waals surface area (Å²) in [5.74, 6) is -1.04. The fourth-order valence-corrected chi connectivity index (χ4v) is 4.52. The number of piperazine rings is 1. The molecule has 1 aliphatic carbocycles. The highest BCUT2D eigenvalue weighted by molar-refractivity contribution is 6.34. The Kier molecular flexibility index (Phi) is 5.50. The van der Waals surface area contributed by atoms with Gasteiger partial charge in [-0.15, -0.1) is 0 Å². The Morgan fingerprint density at radius 1 is 1.14 bits per heavy atom. The quantitative estimate of drug-likeness (QED) is 0.829. The van der Waals surface area contributed by atoms with Crippen LogP contribution in [0.4, 0.5) is 5.69 Å². The summed E-state index contributed by atoms with van der Waals surface area (Å²) >= 11 is 6.45. The lowest BCUT2D eigenvalue weighted by molar-refractivity contribution is -0.132. The van der Waals surface area contributed by atoms with Crippen LogP contribution in [0.5, 0.6) is 0 Å². The van der Waals surface area contributed by atoms with Crippen molar-refractivity contribution in [2.24, 2.45) is 0 Å². The number of aromatic carboxylic acids is 1. The minimum absolute atomic E-state index is 0.0206. The Balaban J connectivity index is 1.43. The summed E-state index contributed by atoms with van der Waals surface area (Å²) in [5, 5.41) is 14.4. The molecule has 1 aliphatic heterocycles. The summed E-state index contributed by atoms with van der Waals surface area (Å²) in [6.07, 6.45) is 3.47. The molecule has 0 radical (unpaired) electrons. The van der Waals surface area contributed by atoms with Crippen molar-refractivity contribution in [1.29, 1.82) is 0 Å². The molecule has 2 aromatic rings. The van der Waals surface area contributed by atoms with Crippen LogP contribution in [-0.4, -0.2) is 57.8 Å². The first kappa shape index (κ1) is 19.8. The van der Waals surface area contributed by atoms with Crippen molar-refractivity contribution in [2.45, 2.75) is 39.2 Å². The van der Waals surface area contributed by atoms with E-state index in [-0.39, 0.29) is 18.1 Å². The van der Waals surface area contributed by atoms with E-state index in [9.17, 15) is 14.7 Å². The maximum atomic E-state index is 12.9. The molecule has 154 valence electrons. The Labute approximate surface area is 174 Å². The molecule has 0 spiro atoms. The highest BCUT2D eigenvalue weighted by atomic mass is 35.5. The number of hydrogen-bond donors (Lipinski definition) is 1. The molecule has 29 heavy (non-hydrogen) atoms. The number of carbonyl (C=O) groups excluding carboxylic acids is 1. The fourth-order valence-electron chi connectivity index (χ4n) is 4.27. The molecule has 2 heterocycles. The molecule has 4 rings (SSSR count). The van der Waals surface area contributed by atoms with Gasteiger partial charge in [0.2, 0.25) is 5.91 Å². The van der Waals surface area contributed by atoms with Crippen LogP contribution in [-0.2, 0) is 24.2 Å². The number of carboxylic acid groups (broad SMARTS) is 1. The van der Waals surface area contributed by atoms with E-state index in [0.717, 1.165) is 53.2 Å². The van der Waals surface area contributed by atoms with Gasteiger partial charge in [-0.3, -0.25) is 9.48 Å². The lowest BCUT2D eigenvalue weighted by atomic mass is 9.96. The molecule has 1 amide bonds. The average Bonchev–Trinajstić information content (AvgIpc) is 3.09. The Bertz CT molecular complexity index is 948. The number of hydrogen-bond acceptors (Lipinski definition) is 4. The monoisotopic (exact) mass is 416 g/mol. The third kappa shape index (κ3) is 3.83. The molecule has 0 bridgehead atoms. The number of fused-ring (bicyclic) bond motifs is 1. The molecule has 1 N–H and O–H groups in total. The number of benzene rings is 1. The van der Waals surface area contributed by atoms with Crippen LogP contribution in [0.1, 0.15) is 40.2 Å². The summed E-state index contributed by atoms with van der Waals surface area (Å²) in [4.78, 5) is 28.4. The standard InChI is InChI=1S/C21H25ClN4O3/c1-14-5-4-8-17(19(14)22)24-9-11-25(12-10-24)18(27)13-26-16-7-3-2-6-15(16)20(23-26)21(28)29/h4-5,8H,2-3,6-7,9-13H2,1H3,(H,28,29). The van der Waals surface area contributed by atoms with E-state index in [2.05, 4.69) is 10.00 Å². The topological polar surface area (TPSA) is 78.7 Å². The molecular formula is C21H25ClN4O3. The summed E-state index contributed by atoms with van der Waals surface area (Å²) in [5.41, 5.74) is 3.86. The predicted molar refractivity (Wildman–Crippen MR) is 111 cm³/mol. The van der Waals surface area contributed by atoms with Gasteiger partial charge in [0.05, 0.1) is 10.7 Å². The molecule has 0 atom stereocenters. The van der Waals surface area contributed by atoms with Crippen molar-refractivity contribution >= 4 is 29.2 Å². The molecule has 2 aliphatic rings. The van der Waals surface area contributed by atoms with Gasteiger partial charge in [-0.05, 0) is 44.2 Å². The summed E-state index contributed by atoms with van der Waals surface area (Å²) in [6.45, 7) is 4.73. The molecule has 1 fully saturated rings. The zero-order valence-electron chi connectivity index (χ0n) is 16.5. The van der Waals surface area contributed by atoms with Crippen molar-refractivity contribution in [2.75, 3.05) is 31.1 Å². The van der Waals surface area contributed by atoms with Gasteiger partial charge in [0.25, 0.3) is 0 Å². The number of carboxylic acids is 1. The van der Waals surface area contributed by atoms with Crippen LogP contribution < -0.4 is 4.90 Å². The van der Waals surface area contributed by atoms with Crippen LogP contribution in [0, 0.1) is 6.92 Å². The smallest absolute Gasteiger partial charge is 0.356 e. The van der Waals surface area contributed by atoms with Crippen molar-refractivity contribution in [1.82, 2.24) is 14.7 Å². The number of anilines is 1. The number of carbonyl (C=O) groups is 2. The maximum absolute atomic E-state index is 12.9. The molecular weight excluding hydrogens is 392 g/mol. The third-order valence-electron chi connectivity index (χ3n) is 5.89. The van der Waals surface area contributed by atoms with Crippen molar-refractivity contribution in [3.8, 4) is 0 Å². The largest absolute Gasteiger partial charge is 0.476 e. The Hall–Kier alpha value is -2.54. The lowest BCUT2D eigenvalue weighted by Gasteiger charge is -2.36. The van der Waals surface area contributed by atoms with Crippen molar-refractivity contribution < 1.29 is 14.7 Å². The molecule has 1 aromatic heterocycles. The van der Waals surface area contributed by atoms with E-state index in [1.165, 1.54) is 0 Å². The molecule has 0 saturated carbocycles. The van der Waals surface area contributed by atoms with E-state index in [1.54, 1.807) is 4.68 Å². The van der Waals surface area contributed by atoms with E-state index in [0.29, 0.717) is 26.2 Å². The molecule has 8 heteroatoms. The van der Waals surface area contributed by atoms with Crippen molar-refractivity contribution in [3.63, 3.8) is 0 Å². The van der Waals surface area contributed by atoms with E-state index in [4.69, 9.17) is 11.6 Å². The lowest BCUT2D eigenvalue weighted by Crippen LogP contribution is -2.49. The number of halogens is 1. The second-order valence-corrected chi connectivity index (χ2v) is 8.10. The van der Waals surface area contributed by atoms with Gasteiger partial charge in [-0.2, -0.15) is 5.10 Å². The van der Waals surface area contributed by atoms with Gasteiger partial charge in [0.1, 0.15) is 6.54 Å². The normalized spacial score (nSPS) is 16.6. The number of nitrogens with zero attached hydrogens (tertiary/aromatic N) is 4. The number of amides is 1. The van der Waals surface area contributed by atoms with Gasteiger partial charge in [0.15, 0.2) is 5.69 Å². The third-order valence-corrected chi connectivity index (χ3v) is 6.38. The highest BCUT2D eigenvalue weighted by Gasteiger charge is 2.28. The van der Waals surface area contributed by atoms with E-state index < -0.39 is 5.97 Å². The number of aryl methyl sites for hydroxylation is 1. The van der Waals surface area contributed by atoms with Gasteiger partial charge >= 0.3 is 5.97 Å². The van der Waals surface area contributed by atoms with Gasteiger partial charge in [-0.1, -0.05) is 23.7 Å². The van der Waals surface area contributed by atoms with Crippen LogP contribution in [0.15, 0.2) is 18.2 Å². The molecule has 0 unspecified atom stereocenters. The first-order valence-electron chi connectivity index (χ1n) is 10.1. The zero-order valence-corrected chi connectivity index (χ0v) is 17.3.